The number of pyridine rings is 1. The maximum absolute atomic E-state index is 12.8. The molecule has 2 N–H and O–H groups in total. The zero-order valence-corrected chi connectivity index (χ0v) is 17.7. The average Bonchev–Trinajstić information content (AvgIpc) is 3.20. The Morgan fingerprint density at radius 1 is 1.29 bits per heavy atom. The Morgan fingerprint density at radius 3 is 2.90 bits per heavy atom. The number of aryl methyl sites for hydroxylation is 1. The van der Waals surface area contributed by atoms with Gasteiger partial charge >= 0.3 is 0 Å². The molecule has 0 bridgehead atoms. The molecule has 0 unspecified atom stereocenters. The van der Waals surface area contributed by atoms with Crippen LogP contribution in [0.15, 0.2) is 48.8 Å². The van der Waals surface area contributed by atoms with Crippen LogP contribution in [0.2, 0.25) is 0 Å². The Morgan fingerprint density at radius 2 is 2.16 bits per heavy atom. The number of amides is 1. The van der Waals surface area contributed by atoms with Crippen molar-refractivity contribution in [3.8, 4) is 5.69 Å². The van der Waals surface area contributed by atoms with E-state index < -0.39 is 6.10 Å². The van der Waals surface area contributed by atoms with Gasteiger partial charge in [0.1, 0.15) is 12.4 Å². The van der Waals surface area contributed by atoms with Crippen molar-refractivity contribution in [1.82, 2.24) is 25.1 Å². The van der Waals surface area contributed by atoms with E-state index in [1.807, 2.05) is 37.3 Å². The second-order valence-corrected chi connectivity index (χ2v) is 7.97. The first-order chi connectivity index (χ1) is 15.0. The normalized spacial score (nSPS) is 21.1. The van der Waals surface area contributed by atoms with Crippen molar-refractivity contribution in [2.75, 3.05) is 7.11 Å². The third kappa shape index (κ3) is 4.81. The van der Waals surface area contributed by atoms with Gasteiger partial charge in [-0.15, -0.1) is 5.10 Å². The molecule has 0 saturated heterocycles. The zero-order chi connectivity index (χ0) is 21.8. The number of nitrogens with one attached hydrogen (secondary N) is 1. The standard InChI is InChI=1S/C23H27N5O3/c1-15-5-3-6-17(11-15)23(30)25-19-12-16(8-9-20(19)29)22-26-21(14-31-2)27-28(22)18-7-4-10-24-13-18/h3-7,10-11,13,16,19-20,29H,8-9,12,14H2,1-2H3,(H,25,30)/t16-,19+,20+/m0/s1. The molecule has 8 heteroatoms. The monoisotopic (exact) mass is 421 g/mol. The van der Waals surface area contributed by atoms with E-state index in [9.17, 15) is 9.90 Å². The van der Waals surface area contributed by atoms with Gasteiger partial charge in [-0.25, -0.2) is 9.67 Å². The number of rotatable bonds is 6. The number of carbonyl (C=O) groups excluding carboxylic acids is 1. The van der Waals surface area contributed by atoms with Crippen molar-refractivity contribution in [2.24, 2.45) is 0 Å². The summed E-state index contributed by atoms with van der Waals surface area (Å²) in [7, 11) is 1.61. The summed E-state index contributed by atoms with van der Waals surface area (Å²) in [6.45, 7) is 2.26. The Balaban J connectivity index is 1.57. The second kappa shape index (κ2) is 9.36. The van der Waals surface area contributed by atoms with Gasteiger partial charge in [0.25, 0.3) is 5.91 Å². The van der Waals surface area contributed by atoms with Gasteiger partial charge in [0.15, 0.2) is 5.82 Å². The summed E-state index contributed by atoms with van der Waals surface area (Å²) in [5, 5.41) is 18.2. The largest absolute Gasteiger partial charge is 0.391 e. The Hall–Kier alpha value is -3.10. The molecule has 1 aliphatic carbocycles. The van der Waals surface area contributed by atoms with E-state index >= 15 is 0 Å². The molecule has 3 atom stereocenters. The van der Waals surface area contributed by atoms with Crippen molar-refractivity contribution in [2.45, 2.75) is 50.9 Å². The molecule has 3 aromatic rings. The molecule has 1 fully saturated rings. The summed E-state index contributed by atoms with van der Waals surface area (Å²) in [4.78, 5) is 21.7. The molecule has 0 spiro atoms. The lowest BCUT2D eigenvalue weighted by Gasteiger charge is -2.33. The Labute approximate surface area is 181 Å². The topological polar surface area (TPSA) is 102 Å². The van der Waals surface area contributed by atoms with E-state index in [1.54, 1.807) is 30.3 Å². The predicted octanol–water partition coefficient (Wildman–Crippen LogP) is 2.54. The van der Waals surface area contributed by atoms with Crippen LogP contribution in [0.3, 0.4) is 0 Å². The number of aromatic nitrogens is 4. The van der Waals surface area contributed by atoms with E-state index in [0.717, 1.165) is 23.5 Å². The molecule has 1 aromatic carbocycles. The lowest BCUT2D eigenvalue weighted by atomic mass is 9.83. The number of nitrogens with zero attached hydrogens (tertiary/aromatic N) is 4. The van der Waals surface area contributed by atoms with Crippen molar-refractivity contribution in [3.05, 3.63) is 71.6 Å². The van der Waals surface area contributed by atoms with Crippen molar-refractivity contribution in [1.29, 1.82) is 0 Å². The molecule has 162 valence electrons. The SMILES string of the molecule is COCc1nc([C@H]2CC[C@@H](O)[C@H](NC(=O)c3cccc(C)c3)C2)n(-c2cccnc2)n1. The predicted molar refractivity (Wildman–Crippen MR) is 115 cm³/mol. The van der Waals surface area contributed by atoms with Gasteiger partial charge in [-0.2, -0.15) is 0 Å². The van der Waals surface area contributed by atoms with Crippen LogP contribution in [0.1, 0.15) is 52.8 Å². The minimum atomic E-state index is -0.599. The van der Waals surface area contributed by atoms with E-state index in [2.05, 4.69) is 15.4 Å². The number of methoxy groups -OCH3 is 1. The van der Waals surface area contributed by atoms with Crippen molar-refractivity contribution < 1.29 is 14.6 Å². The molecule has 0 aliphatic heterocycles. The average molecular weight is 422 g/mol. The fourth-order valence-electron chi connectivity index (χ4n) is 4.07. The van der Waals surface area contributed by atoms with Crippen LogP contribution in [-0.4, -0.2) is 50.0 Å². The van der Waals surface area contributed by atoms with Crippen LogP contribution in [-0.2, 0) is 11.3 Å². The Bertz CT molecular complexity index is 1040. The van der Waals surface area contributed by atoms with Crippen LogP contribution >= 0.6 is 0 Å². The highest BCUT2D eigenvalue weighted by Gasteiger charge is 2.34. The molecular formula is C23H27N5O3. The molecule has 4 rings (SSSR count). The molecule has 1 aliphatic rings. The van der Waals surface area contributed by atoms with Gasteiger partial charge in [-0.1, -0.05) is 17.7 Å². The number of hydrogen-bond acceptors (Lipinski definition) is 6. The summed E-state index contributed by atoms with van der Waals surface area (Å²) >= 11 is 0. The van der Waals surface area contributed by atoms with Crippen LogP contribution in [0.5, 0.6) is 0 Å². The Kier molecular flexibility index (Phi) is 6.39. The van der Waals surface area contributed by atoms with Gasteiger partial charge < -0.3 is 15.2 Å². The van der Waals surface area contributed by atoms with Crippen molar-refractivity contribution >= 4 is 5.91 Å². The van der Waals surface area contributed by atoms with E-state index in [0.29, 0.717) is 30.8 Å². The summed E-state index contributed by atoms with van der Waals surface area (Å²) in [6.07, 6.45) is 4.75. The van der Waals surface area contributed by atoms with Gasteiger partial charge in [-0.05, 0) is 50.5 Å². The third-order valence-corrected chi connectivity index (χ3v) is 5.62. The van der Waals surface area contributed by atoms with E-state index in [1.165, 1.54) is 0 Å². The van der Waals surface area contributed by atoms with Gasteiger partial charge in [-0.3, -0.25) is 9.78 Å². The van der Waals surface area contributed by atoms with Crippen LogP contribution < -0.4 is 5.32 Å². The molecule has 2 heterocycles. The minimum Gasteiger partial charge on any atom is -0.391 e. The lowest BCUT2D eigenvalue weighted by Crippen LogP contribution is -2.47. The molecular weight excluding hydrogens is 394 g/mol. The number of carbonyl (C=O) groups is 1. The number of hydrogen-bond donors (Lipinski definition) is 2. The highest BCUT2D eigenvalue weighted by atomic mass is 16.5. The smallest absolute Gasteiger partial charge is 0.251 e. The number of benzene rings is 1. The highest BCUT2D eigenvalue weighted by molar-refractivity contribution is 5.94. The fourth-order valence-corrected chi connectivity index (χ4v) is 4.07. The quantitative estimate of drug-likeness (QED) is 0.634. The molecule has 1 saturated carbocycles. The van der Waals surface area contributed by atoms with E-state index in [4.69, 9.17) is 9.72 Å². The van der Waals surface area contributed by atoms with Crippen molar-refractivity contribution in [3.63, 3.8) is 0 Å². The summed E-state index contributed by atoms with van der Waals surface area (Å²) in [5.41, 5.74) is 2.43. The summed E-state index contributed by atoms with van der Waals surface area (Å²) in [5.74, 6) is 1.24. The number of ether oxygens (including phenoxy) is 1. The first kappa shape index (κ1) is 21.1. The van der Waals surface area contributed by atoms with Gasteiger partial charge in [0.05, 0.1) is 24.0 Å². The molecule has 1 amide bonds. The maximum Gasteiger partial charge on any atom is 0.251 e. The first-order valence-electron chi connectivity index (χ1n) is 10.5. The molecule has 0 radical (unpaired) electrons. The summed E-state index contributed by atoms with van der Waals surface area (Å²) < 4.78 is 7.01. The molecule has 8 nitrogen and oxygen atoms in total. The molecule has 31 heavy (non-hydrogen) atoms. The number of aliphatic hydroxyl groups is 1. The zero-order valence-electron chi connectivity index (χ0n) is 17.7. The van der Waals surface area contributed by atoms with E-state index in [-0.39, 0.29) is 17.9 Å². The maximum atomic E-state index is 12.8. The highest BCUT2D eigenvalue weighted by Crippen LogP contribution is 2.33. The molecule has 2 aromatic heterocycles. The van der Waals surface area contributed by atoms with Crippen LogP contribution in [0, 0.1) is 6.92 Å². The van der Waals surface area contributed by atoms with Crippen LogP contribution in [0.4, 0.5) is 0 Å². The first-order valence-corrected chi connectivity index (χ1v) is 10.5. The minimum absolute atomic E-state index is 0.0320. The lowest BCUT2D eigenvalue weighted by molar-refractivity contribution is 0.0670. The van der Waals surface area contributed by atoms with Gasteiger partial charge in [0.2, 0.25) is 0 Å². The number of aliphatic hydroxyl groups excluding tert-OH is 1. The van der Waals surface area contributed by atoms with Crippen LogP contribution in [0.25, 0.3) is 5.69 Å². The third-order valence-electron chi connectivity index (χ3n) is 5.62. The van der Waals surface area contributed by atoms with Gasteiger partial charge in [0, 0.05) is 24.8 Å². The fraction of sp³-hybridized carbons (Fsp3) is 0.391. The summed E-state index contributed by atoms with van der Waals surface area (Å²) in [6, 6.07) is 10.9. The second-order valence-electron chi connectivity index (χ2n) is 7.97.